The summed E-state index contributed by atoms with van der Waals surface area (Å²) in [7, 11) is 0. The van der Waals surface area contributed by atoms with Crippen molar-refractivity contribution in [3.05, 3.63) is 52.1 Å². The molecular weight excluding hydrogens is 386 g/mol. The van der Waals surface area contributed by atoms with Gasteiger partial charge in [0.1, 0.15) is 5.03 Å². The van der Waals surface area contributed by atoms with E-state index < -0.39 is 5.97 Å². The number of aromatic nitrogens is 1. The third-order valence-electron chi connectivity index (χ3n) is 2.55. The van der Waals surface area contributed by atoms with Crippen LogP contribution in [0.2, 0.25) is 10.0 Å². The van der Waals surface area contributed by atoms with Crippen LogP contribution in [-0.2, 0) is 4.79 Å². The molecule has 5 nitrogen and oxygen atoms in total. The number of rotatable bonds is 5. The number of carbonyl (C=O) groups is 2. The molecule has 0 amide bonds. The van der Waals surface area contributed by atoms with Crippen LogP contribution >= 0.6 is 35.0 Å². The van der Waals surface area contributed by atoms with Crippen molar-refractivity contribution in [3.63, 3.8) is 0 Å². The molecule has 1 heterocycles. The van der Waals surface area contributed by atoms with Crippen molar-refractivity contribution in [1.29, 1.82) is 0 Å². The van der Waals surface area contributed by atoms with Gasteiger partial charge in [0.05, 0.1) is 23.2 Å². The maximum atomic E-state index is 11.9. The Balaban J connectivity index is 0.00000264. The number of anilines is 1. The van der Waals surface area contributed by atoms with Crippen LogP contribution in [0.4, 0.5) is 5.69 Å². The van der Waals surface area contributed by atoms with Crippen LogP contribution in [0.15, 0.2) is 41.6 Å². The van der Waals surface area contributed by atoms with Crippen LogP contribution in [0.3, 0.4) is 0 Å². The first-order valence-electron chi connectivity index (χ1n) is 6.03. The quantitative estimate of drug-likeness (QED) is 0.543. The predicted octanol–water partition coefficient (Wildman–Crippen LogP) is -0.513. The second-order valence-electron chi connectivity index (χ2n) is 4.10. The van der Waals surface area contributed by atoms with E-state index in [9.17, 15) is 14.7 Å². The summed E-state index contributed by atoms with van der Waals surface area (Å²) >= 11 is 12.5. The fraction of sp³-hybridized carbons (Fsp3) is 0.0714. The molecule has 114 valence electrons. The summed E-state index contributed by atoms with van der Waals surface area (Å²) in [6.07, 6.45) is 1.41. The Hall–Kier alpha value is -0.124. The van der Waals surface area contributed by atoms with Gasteiger partial charge in [0.25, 0.3) is 0 Å². The Bertz CT molecular complexity index is 731. The number of hydrogen-bond acceptors (Lipinski definition) is 6. The molecule has 9 heteroatoms. The van der Waals surface area contributed by atoms with Crippen LogP contribution in [0, 0.1) is 0 Å². The molecule has 1 aromatic carbocycles. The fourth-order valence-corrected chi connectivity index (χ4v) is 2.66. The number of thioether (sulfide) groups is 1. The minimum atomic E-state index is -1.38. The molecule has 0 spiro atoms. The molecule has 0 fully saturated rings. The fourth-order valence-electron chi connectivity index (χ4n) is 1.57. The summed E-state index contributed by atoms with van der Waals surface area (Å²) in [4.78, 5) is 26.7. The zero-order chi connectivity index (χ0) is 16.1. The number of carboxylic acid groups (broad SMARTS) is 1. The average Bonchev–Trinajstić information content (AvgIpc) is 2.48. The number of carbonyl (C=O) groups excluding carboxylic acids is 2. The Morgan fingerprint density at radius 1 is 1.26 bits per heavy atom. The zero-order valence-corrected chi connectivity index (χ0v) is 17.5. The van der Waals surface area contributed by atoms with Gasteiger partial charge in [-0.05, 0) is 42.1 Å². The molecule has 1 aromatic heterocycles. The number of hydrogen-bond donors (Lipinski definition) is 1. The number of nitrogens with zero attached hydrogens (tertiary/aromatic N) is 1. The van der Waals surface area contributed by atoms with E-state index in [-0.39, 0.29) is 73.6 Å². The van der Waals surface area contributed by atoms with Gasteiger partial charge >= 0.3 is 51.4 Å². The zero-order valence-electron chi connectivity index (χ0n) is 12.0. The maximum Gasteiger partial charge on any atom is 1.00 e. The molecule has 0 unspecified atom stereocenters. The third-order valence-corrected chi connectivity index (χ3v) is 4.01. The minimum absolute atomic E-state index is 0. The van der Waals surface area contributed by atoms with E-state index in [0.717, 1.165) is 11.8 Å². The SMILES string of the molecule is O=C(CNc1cc(Cl)ccc1Cl)Sc1ncccc1C(=O)[O-].[K+]. The first-order chi connectivity index (χ1) is 10.5. The molecule has 2 aromatic rings. The van der Waals surface area contributed by atoms with Crippen molar-refractivity contribution in [3.8, 4) is 0 Å². The van der Waals surface area contributed by atoms with Gasteiger partial charge in [0, 0.05) is 16.8 Å². The summed E-state index contributed by atoms with van der Waals surface area (Å²) in [6, 6.07) is 7.63. The molecule has 0 atom stereocenters. The van der Waals surface area contributed by atoms with Crippen LogP contribution in [0.5, 0.6) is 0 Å². The molecule has 0 saturated heterocycles. The van der Waals surface area contributed by atoms with Gasteiger partial charge < -0.3 is 15.2 Å². The summed E-state index contributed by atoms with van der Waals surface area (Å²) in [6.45, 7) is -0.0617. The molecule has 0 radical (unpaired) electrons. The molecule has 0 aliphatic carbocycles. The standard InChI is InChI=1S/C14H10Cl2N2O3S.K/c15-8-3-4-10(16)11(6-8)18-7-12(19)22-13-9(14(20)21)2-1-5-17-13;/h1-6,18H,7H2,(H,20,21);/q;+1/p-1. The third kappa shape index (κ3) is 6.36. The normalized spacial score (nSPS) is 9.83. The van der Waals surface area contributed by atoms with Gasteiger partial charge in [-0.25, -0.2) is 4.98 Å². The molecule has 0 saturated carbocycles. The molecule has 0 bridgehead atoms. The van der Waals surface area contributed by atoms with Crippen LogP contribution in [-0.4, -0.2) is 22.6 Å². The molecular formula is C14H9Cl2KN2O3S. The van der Waals surface area contributed by atoms with Crippen molar-refractivity contribution in [1.82, 2.24) is 4.98 Å². The van der Waals surface area contributed by atoms with Crippen LogP contribution < -0.4 is 61.8 Å². The Morgan fingerprint density at radius 3 is 2.70 bits per heavy atom. The average molecular weight is 395 g/mol. The monoisotopic (exact) mass is 394 g/mol. The first-order valence-corrected chi connectivity index (χ1v) is 7.60. The van der Waals surface area contributed by atoms with E-state index >= 15 is 0 Å². The summed E-state index contributed by atoms with van der Waals surface area (Å²) < 4.78 is 0. The van der Waals surface area contributed by atoms with Crippen molar-refractivity contribution in [2.75, 3.05) is 11.9 Å². The van der Waals surface area contributed by atoms with E-state index in [0.29, 0.717) is 15.7 Å². The smallest absolute Gasteiger partial charge is 0.545 e. The molecule has 2 rings (SSSR count). The number of carboxylic acids is 1. The number of pyridine rings is 1. The van der Waals surface area contributed by atoms with Crippen LogP contribution in [0.1, 0.15) is 10.4 Å². The van der Waals surface area contributed by atoms with Crippen molar-refractivity contribution in [2.45, 2.75) is 5.03 Å². The van der Waals surface area contributed by atoms with Gasteiger partial charge in [0.2, 0.25) is 5.12 Å². The number of nitrogens with one attached hydrogen (secondary N) is 1. The first kappa shape index (κ1) is 20.9. The second kappa shape index (κ2) is 10.0. The van der Waals surface area contributed by atoms with Gasteiger partial charge in [-0.3, -0.25) is 4.79 Å². The van der Waals surface area contributed by atoms with Crippen molar-refractivity contribution >= 4 is 51.7 Å². The summed E-state index contributed by atoms with van der Waals surface area (Å²) in [5.41, 5.74) is 0.394. The molecule has 0 aliphatic heterocycles. The van der Waals surface area contributed by atoms with E-state index in [1.54, 1.807) is 18.2 Å². The van der Waals surface area contributed by atoms with E-state index in [1.807, 2.05) is 0 Å². The minimum Gasteiger partial charge on any atom is -0.545 e. The van der Waals surface area contributed by atoms with Crippen molar-refractivity contribution < 1.29 is 66.1 Å². The molecule has 0 aliphatic rings. The predicted molar refractivity (Wildman–Crippen MR) is 84.4 cm³/mol. The van der Waals surface area contributed by atoms with E-state index in [2.05, 4.69) is 10.3 Å². The summed E-state index contributed by atoms with van der Waals surface area (Å²) in [5.74, 6) is -1.38. The van der Waals surface area contributed by atoms with E-state index in [1.165, 1.54) is 18.3 Å². The maximum absolute atomic E-state index is 11.9. The molecule has 23 heavy (non-hydrogen) atoms. The van der Waals surface area contributed by atoms with Gasteiger partial charge in [-0.15, -0.1) is 0 Å². The topological polar surface area (TPSA) is 82.1 Å². The van der Waals surface area contributed by atoms with Crippen LogP contribution in [0.25, 0.3) is 0 Å². The number of benzene rings is 1. The number of halogens is 2. The Morgan fingerprint density at radius 2 is 2.00 bits per heavy atom. The number of aromatic carboxylic acids is 1. The van der Waals surface area contributed by atoms with Gasteiger partial charge in [-0.2, -0.15) is 0 Å². The van der Waals surface area contributed by atoms with E-state index in [4.69, 9.17) is 23.2 Å². The van der Waals surface area contributed by atoms with Gasteiger partial charge in [0.15, 0.2) is 0 Å². The van der Waals surface area contributed by atoms with Crippen molar-refractivity contribution in [2.24, 2.45) is 0 Å². The van der Waals surface area contributed by atoms with Gasteiger partial charge in [-0.1, -0.05) is 23.2 Å². The molecule has 1 N–H and O–H groups in total. The second-order valence-corrected chi connectivity index (χ2v) is 5.99. The Labute approximate surface area is 189 Å². The Kier molecular flexibility index (Phi) is 9.10. The largest absolute Gasteiger partial charge is 1.00 e. The summed E-state index contributed by atoms with van der Waals surface area (Å²) in [5, 5.41) is 14.5.